The highest BCUT2D eigenvalue weighted by Gasteiger charge is 2.43. The first kappa shape index (κ1) is 21.8. The van der Waals surface area contributed by atoms with E-state index in [0.29, 0.717) is 19.8 Å². The molecule has 132 valence electrons. The van der Waals surface area contributed by atoms with Crippen LogP contribution in [0.4, 0.5) is 8.78 Å². The van der Waals surface area contributed by atoms with Crippen LogP contribution in [-0.4, -0.2) is 68.7 Å². The molecule has 0 aromatic heterocycles. The van der Waals surface area contributed by atoms with E-state index in [1.54, 1.807) is 0 Å². The van der Waals surface area contributed by atoms with Crippen LogP contribution in [0.25, 0.3) is 0 Å². The Labute approximate surface area is 142 Å². The van der Waals surface area contributed by atoms with E-state index < -0.39 is 24.9 Å². The van der Waals surface area contributed by atoms with Crippen molar-refractivity contribution < 1.29 is 18.3 Å². The molecule has 1 amide bonds. The molecule has 2 rings (SSSR count). The Morgan fingerprint density at radius 3 is 2.36 bits per heavy atom. The van der Waals surface area contributed by atoms with E-state index in [2.05, 4.69) is 15.5 Å². The molecule has 0 aromatic carbocycles. The summed E-state index contributed by atoms with van der Waals surface area (Å²) in [7, 11) is 3.94. The maximum Gasteiger partial charge on any atom is 0.262 e. The van der Waals surface area contributed by atoms with Gasteiger partial charge in [-0.3, -0.25) is 10.1 Å². The number of hydrogen-bond acceptors (Lipinski definition) is 4. The molecule has 0 aliphatic carbocycles. The van der Waals surface area contributed by atoms with Crippen LogP contribution < -0.4 is 10.6 Å². The molecule has 1 unspecified atom stereocenters. The van der Waals surface area contributed by atoms with Crippen LogP contribution in [0, 0.1) is 0 Å². The first-order valence-corrected chi connectivity index (χ1v) is 6.99. The first-order valence-electron chi connectivity index (χ1n) is 6.99. The van der Waals surface area contributed by atoms with Crippen molar-refractivity contribution in [2.45, 2.75) is 36.8 Å². The van der Waals surface area contributed by atoms with Gasteiger partial charge in [0.25, 0.3) is 5.92 Å². The second-order valence-electron chi connectivity index (χ2n) is 5.94. The fraction of sp³-hybridized carbons (Fsp3) is 0.923. The zero-order valence-corrected chi connectivity index (χ0v) is 14.5. The molecule has 0 radical (unpaired) electrons. The minimum Gasteiger partial charge on any atom is -0.381 e. The minimum absolute atomic E-state index is 0. The number of hydrogen-bond donors (Lipinski definition) is 2. The fourth-order valence-corrected chi connectivity index (χ4v) is 2.81. The van der Waals surface area contributed by atoms with Gasteiger partial charge >= 0.3 is 0 Å². The van der Waals surface area contributed by atoms with Gasteiger partial charge in [0.2, 0.25) is 5.91 Å². The van der Waals surface area contributed by atoms with Gasteiger partial charge in [-0.2, -0.15) is 0 Å². The molecule has 1 atom stereocenters. The topological polar surface area (TPSA) is 53.6 Å². The quantitative estimate of drug-likeness (QED) is 0.783. The molecule has 2 N–H and O–H groups in total. The van der Waals surface area contributed by atoms with Crippen molar-refractivity contribution in [3.63, 3.8) is 0 Å². The molecule has 5 nitrogen and oxygen atoms in total. The normalized spacial score (nSPS) is 26.0. The molecule has 0 aromatic rings. The zero-order valence-electron chi connectivity index (χ0n) is 12.9. The predicted octanol–water partition coefficient (Wildman–Crippen LogP) is 1.05. The Balaban J connectivity index is 0.00000220. The van der Waals surface area contributed by atoms with Gasteiger partial charge in [-0.05, 0) is 26.9 Å². The summed E-state index contributed by atoms with van der Waals surface area (Å²) in [5, 5.41) is 5.40. The summed E-state index contributed by atoms with van der Waals surface area (Å²) in [5.74, 6) is -3.12. The van der Waals surface area contributed by atoms with Gasteiger partial charge < -0.3 is 15.0 Å². The van der Waals surface area contributed by atoms with Crippen molar-refractivity contribution in [1.29, 1.82) is 0 Å². The van der Waals surface area contributed by atoms with E-state index in [0.717, 1.165) is 12.8 Å². The predicted molar refractivity (Wildman–Crippen MR) is 85.3 cm³/mol. The summed E-state index contributed by atoms with van der Waals surface area (Å²) in [6.07, 6.45) is 1.24. The Morgan fingerprint density at radius 1 is 1.32 bits per heavy atom. The van der Waals surface area contributed by atoms with Gasteiger partial charge in [-0.15, -0.1) is 24.8 Å². The molecular weight excluding hydrogens is 339 g/mol. The summed E-state index contributed by atoms with van der Waals surface area (Å²) in [6, 6.07) is -0.788. The molecule has 0 bridgehead atoms. The highest BCUT2D eigenvalue weighted by Crippen LogP contribution is 2.27. The van der Waals surface area contributed by atoms with Gasteiger partial charge in [0.05, 0.1) is 12.6 Å². The summed E-state index contributed by atoms with van der Waals surface area (Å²) in [6.45, 7) is 1.37. The fourth-order valence-electron chi connectivity index (χ4n) is 2.81. The highest BCUT2D eigenvalue weighted by molar-refractivity contribution is 5.85. The summed E-state index contributed by atoms with van der Waals surface area (Å²) in [4.78, 5) is 14.1. The lowest BCUT2D eigenvalue weighted by atomic mass is 9.88. The number of amides is 1. The lowest BCUT2D eigenvalue weighted by Crippen LogP contribution is -2.57. The number of carbonyl (C=O) groups excluding carboxylic acids is 1. The molecule has 0 saturated carbocycles. The van der Waals surface area contributed by atoms with E-state index in [-0.39, 0.29) is 36.3 Å². The van der Waals surface area contributed by atoms with Gasteiger partial charge in [0.1, 0.15) is 0 Å². The van der Waals surface area contributed by atoms with Crippen molar-refractivity contribution >= 4 is 30.7 Å². The molecule has 22 heavy (non-hydrogen) atoms. The molecule has 2 aliphatic heterocycles. The molecule has 9 heteroatoms. The Kier molecular flexibility index (Phi) is 8.51. The van der Waals surface area contributed by atoms with Crippen molar-refractivity contribution in [3.05, 3.63) is 0 Å². The summed E-state index contributed by atoms with van der Waals surface area (Å²) < 4.78 is 31.5. The number of nitrogens with zero attached hydrogens (tertiary/aromatic N) is 1. The summed E-state index contributed by atoms with van der Waals surface area (Å²) in [5.41, 5.74) is -0.144. The third-order valence-corrected chi connectivity index (χ3v) is 4.39. The monoisotopic (exact) mass is 363 g/mol. The second kappa shape index (κ2) is 8.59. The number of alkyl halides is 2. The standard InChI is InChI=1S/C13H23F2N3O2.2ClH/c1-18(2)12(3-5-20-6-4-12)8-17-11(19)10-7-13(14,15)9-16-10;;/h10,16H,3-9H2,1-2H3,(H,17,19);2*1H. The minimum atomic E-state index is -2.78. The second-order valence-corrected chi connectivity index (χ2v) is 5.94. The lowest BCUT2D eigenvalue weighted by Gasteiger charge is -2.43. The van der Waals surface area contributed by atoms with Crippen molar-refractivity contribution in [3.8, 4) is 0 Å². The number of carbonyl (C=O) groups is 1. The average molecular weight is 364 g/mol. The molecular formula is C13H25Cl2F2N3O2. The third-order valence-electron chi connectivity index (χ3n) is 4.39. The molecule has 2 aliphatic rings. The van der Waals surface area contributed by atoms with Crippen LogP contribution >= 0.6 is 24.8 Å². The number of halogens is 4. The zero-order chi connectivity index (χ0) is 14.8. The maximum atomic E-state index is 13.1. The van der Waals surface area contributed by atoms with Gasteiger partial charge in [-0.25, -0.2) is 8.78 Å². The van der Waals surface area contributed by atoms with Crippen LogP contribution in [0.2, 0.25) is 0 Å². The Bertz CT molecular complexity index is 367. The lowest BCUT2D eigenvalue weighted by molar-refractivity contribution is -0.124. The Hall–Kier alpha value is -0.210. The smallest absolute Gasteiger partial charge is 0.262 e. The SMILES string of the molecule is CN(C)C1(CNC(=O)C2CC(F)(F)CN2)CCOCC1.Cl.Cl. The number of likely N-dealkylation sites (N-methyl/N-ethyl adjacent to an activating group) is 1. The van der Waals surface area contributed by atoms with Crippen LogP contribution in [0.15, 0.2) is 0 Å². The van der Waals surface area contributed by atoms with Gasteiger partial charge in [0, 0.05) is 31.7 Å². The van der Waals surface area contributed by atoms with Crippen LogP contribution in [0.5, 0.6) is 0 Å². The summed E-state index contributed by atoms with van der Waals surface area (Å²) >= 11 is 0. The highest BCUT2D eigenvalue weighted by atomic mass is 35.5. The van der Waals surface area contributed by atoms with Crippen molar-refractivity contribution in [2.24, 2.45) is 0 Å². The van der Waals surface area contributed by atoms with Crippen LogP contribution in [0.1, 0.15) is 19.3 Å². The number of ether oxygens (including phenoxy) is 1. The maximum absolute atomic E-state index is 13.1. The third kappa shape index (κ3) is 5.16. The van der Waals surface area contributed by atoms with E-state index in [9.17, 15) is 13.6 Å². The molecule has 2 saturated heterocycles. The molecule has 2 fully saturated rings. The van der Waals surface area contributed by atoms with E-state index in [4.69, 9.17) is 4.74 Å². The van der Waals surface area contributed by atoms with E-state index >= 15 is 0 Å². The average Bonchev–Trinajstić information content (AvgIpc) is 2.77. The molecule has 0 spiro atoms. The van der Waals surface area contributed by atoms with Crippen LogP contribution in [-0.2, 0) is 9.53 Å². The number of rotatable bonds is 4. The Morgan fingerprint density at radius 2 is 1.91 bits per heavy atom. The van der Waals surface area contributed by atoms with E-state index in [1.807, 2.05) is 14.1 Å². The van der Waals surface area contributed by atoms with Gasteiger partial charge in [0.15, 0.2) is 0 Å². The van der Waals surface area contributed by atoms with Gasteiger partial charge in [-0.1, -0.05) is 0 Å². The first-order chi connectivity index (χ1) is 9.35. The van der Waals surface area contributed by atoms with Crippen molar-refractivity contribution in [1.82, 2.24) is 15.5 Å². The van der Waals surface area contributed by atoms with Crippen LogP contribution in [0.3, 0.4) is 0 Å². The van der Waals surface area contributed by atoms with E-state index in [1.165, 1.54) is 0 Å². The largest absolute Gasteiger partial charge is 0.381 e. The molecule has 2 heterocycles. The number of nitrogens with one attached hydrogen (secondary N) is 2. The van der Waals surface area contributed by atoms with Crippen molar-refractivity contribution in [2.75, 3.05) is 40.4 Å².